The van der Waals surface area contributed by atoms with Gasteiger partial charge in [-0.15, -0.1) is 0 Å². The molecule has 4 rings (SSSR count). The number of piperidine rings is 1. The third kappa shape index (κ3) is 4.03. The molecule has 1 aromatic heterocycles. The van der Waals surface area contributed by atoms with E-state index in [1.54, 1.807) is 0 Å². The molecule has 1 saturated heterocycles. The molecule has 28 heavy (non-hydrogen) atoms. The summed E-state index contributed by atoms with van der Waals surface area (Å²) in [6.45, 7) is 6.94. The van der Waals surface area contributed by atoms with Gasteiger partial charge in [-0.05, 0) is 68.0 Å². The van der Waals surface area contributed by atoms with Gasteiger partial charge in [0.1, 0.15) is 5.75 Å². The molecular formula is C23H27N3O2. The Morgan fingerprint density at radius 2 is 1.82 bits per heavy atom. The van der Waals surface area contributed by atoms with Crippen LogP contribution in [0, 0.1) is 19.8 Å². The molecule has 0 saturated carbocycles. The Balaban J connectivity index is 1.31. The van der Waals surface area contributed by atoms with Crippen molar-refractivity contribution in [3.63, 3.8) is 0 Å². The molecular weight excluding hydrogens is 350 g/mol. The standard InChI is InChI=1S/C23H27N3O2/c1-17-12-21-22(13-18(17)2)26(16-24-21)14-19-8-10-25(11-9-19)23(27)15-28-20-6-4-3-5-7-20/h3-7,12-13,16,19H,8-11,14-15H2,1-2H3. The minimum absolute atomic E-state index is 0.0708. The summed E-state index contributed by atoms with van der Waals surface area (Å²) in [5.74, 6) is 1.38. The second-order valence-electron chi connectivity index (χ2n) is 7.75. The number of rotatable bonds is 5. The summed E-state index contributed by atoms with van der Waals surface area (Å²) >= 11 is 0. The van der Waals surface area contributed by atoms with E-state index >= 15 is 0 Å². The van der Waals surface area contributed by atoms with Gasteiger partial charge in [0.25, 0.3) is 5.91 Å². The molecule has 3 aromatic rings. The molecule has 2 heterocycles. The van der Waals surface area contributed by atoms with Gasteiger partial charge in [0.15, 0.2) is 6.61 Å². The van der Waals surface area contributed by atoms with Crippen LogP contribution in [-0.4, -0.2) is 40.1 Å². The Kier molecular flexibility index (Phi) is 5.33. The highest BCUT2D eigenvalue weighted by Crippen LogP contribution is 2.23. The first-order chi connectivity index (χ1) is 13.6. The van der Waals surface area contributed by atoms with Crippen molar-refractivity contribution in [2.75, 3.05) is 19.7 Å². The van der Waals surface area contributed by atoms with Gasteiger partial charge in [0.05, 0.1) is 17.4 Å². The Bertz CT molecular complexity index is 957. The maximum atomic E-state index is 12.4. The first-order valence-corrected chi connectivity index (χ1v) is 9.98. The number of carbonyl (C=O) groups excluding carboxylic acids is 1. The molecule has 0 radical (unpaired) electrons. The number of benzene rings is 2. The van der Waals surface area contributed by atoms with Gasteiger partial charge in [-0.1, -0.05) is 18.2 Å². The molecule has 0 bridgehead atoms. The summed E-state index contributed by atoms with van der Waals surface area (Å²) < 4.78 is 7.86. The molecule has 1 fully saturated rings. The molecule has 0 unspecified atom stereocenters. The fourth-order valence-corrected chi connectivity index (χ4v) is 3.85. The van der Waals surface area contributed by atoms with E-state index < -0.39 is 0 Å². The molecule has 0 aliphatic carbocycles. The number of amides is 1. The Hall–Kier alpha value is -2.82. The van der Waals surface area contributed by atoms with E-state index in [0.717, 1.165) is 43.7 Å². The zero-order chi connectivity index (χ0) is 19.5. The van der Waals surface area contributed by atoms with Gasteiger partial charge in [0, 0.05) is 19.6 Å². The number of aromatic nitrogens is 2. The minimum Gasteiger partial charge on any atom is -0.484 e. The van der Waals surface area contributed by atoms with Crippen LogP contribution in [0.3, 0.4) is 0 Å². The lowest BCUT2D eigenvalue weighted by Crippen LogP contribution is -2.41. The summed E-state index contributed by atoms with van der Waals surface area (Å²) in [5, 5.41) is 0. The largest absolute Gasteiger partial charge is 0.484 e. The SMILES string of the molecule is Cc1cc2ncn(CC3CCN(C(=O)COc4ccccc4)CC3)c2cc1C. The maximum Gasteiger partial charge on any atom is 0.260 e. The number of hydrogen-bond acceptors (Lipinski definition) is 3. The number of carbonyl (C=O) groups is 1. The van der Waals surface area contributed by atoms with Crippen molar-refractivity contribution in [1.29, 1.82) is 0 Å². The summed E-state index contributed by atoms with van der Waals surface area (Å²) in [4.78, 5) is 18.9. The summed E-state index contributed by atoms with van der Waals surface area (Å²) in [5.41, 5.74) is 4.85. The van der Waals surface area contributed by atoms with Crippen molar-refractivity contribution in [3.05, 3.63) is 59.9 Å². The predicted molar refractivity (Wildman–Crippen MR) is 110 cm³/mol. The monoisotopic (exact) mass is 377 g/mol. The molecule has 5 heteroatoms. The van der Waals surface area contributed by atoms with Crippen molar-refractivity contribution in [1.82, 2.24) is 14.5 Å². The second-order valence-corrected chi connectivity index (χ2v) is 7.75. The lowest BCUT2D eigenvalue weighted by molar-refractivity contribution is -0.134. The smallest absolute Gasteiger partial charge is 0.260 e. The van der Waals surface area contributed by atoms with Gasteiger partial charge in [-0.25, -0.2) is 4.98 Å². The summed E-state index contributed by atoms with van der Waals surface area (Å²) in [7, 11) is 0. The van der Waals surface area contributed by atoms with Crippen LogP contribution in [0.4, 0.5) is 0 Å². The number of likely N-dealkylation sites (tertiary alicyclic amines) is 1. The molecule has 5 nitrogen and oxygen atoms in total. The summed E-state index contributed by atoms with van der Waals surface area (Å²) in [6, 6.07) is 13.9. The van der Waals surface area contributed by atoms with Crippen LogP contribution in [-0.2, 0) is 11.3 Å². The fraction of sp³-hybridized carbons (Fsp3) is 0.391. The van der Waals surface area contributed by atoms with Gasteiger partial charge < -0.3 is 14.2 Å². The average Bonchev–Trinajstić information content (AvgIpc) is 3.09. The molecule has 1 amide bonds. The van der Waals surface area contributed by atoms with Crippen LogP contribution in [0.1, 0.15) is 24.0 Å². The van der Waals surface area contributed by atoms with Gasteiger partial charge in [0.2, 0.25) is 0 Å². The Morgan fingerprint density at radius 3 is 2.57 bits per heavy atom. The Labute approximate surface area is 165 Å². The Morgan fingerprint density at radius 1 is 1.11 bits per heavy atom. The molecule has 2 aromatic carbocycles. The van der Waals surface area contributed by atoms with Crippen LogP contribution in [0.25, 0.3) is 11.0 Å². The number of ether oxygens (including phenoxy) is 1. The highest BCUT2D eigenvalue weighted by Gasteiger charge is 2.23. The predicted octanol–water partition coefficient (Wildman–Crippen LogP) is 3.97. The minimum atomic E-state index is 0.0708. The number of para-hydroxylation sites is 1. The lowest BCUT2D eigenvalue weighted by Gasteiger charge is -2.32. The molecule has 0 spiro atoms. The molecule has 1 aliphatic rings. The van der Waals surface area contributed by atoms with Crippen molar-refractivity contribution in [3.8, 4) is 5.75 Å². The van der Waals surface area contributed by atoms with E-state index in [1.807, 2.05) is 41.6 Å². The highest BCUT2D eigenvalue weighted by molar-refractivity contribution is 5.78. The quantitative estimate of drug-likeness (QED) is 0.676. The number of hydrogen-bond donors (Lipinski definition) is 0. The van der Waals surface area contributed by atoms with Crippen molar-refractivity contribution >= 4 is 16.9 Å². The fourth-order valence-electron chi connectivity index (χ4n) is 3.85. The zero-order valence-electron chi connectivity index (χ0n) is 16.6. The molecule has 146 valence electrons. The van der Waals surface area contributed by atoms with Gasteiger partial charge in [-0.2, -0.15) is 0 Å². The molecule has 1 aliphatic heterocycles. The number of aryl methyl sites for hydroxylation is 2. The topological polar surface area (TPSA) is 47.4 Å². The van der Waals surface area contributed by atoms with Crippen LogP contribution >= 0.6 is 0 Å². The van der Waals surface area contributed by atoms with Gasteiger partial charge >= 0.3 is 0 Å². The maximum absolute atomic E-state index is 12.4. The first kappa shape index (κ1) is 18.5. The van der Waals surface area contributed by atoms with Gasteiger partial charge in [-0.3, -0.25) is 4.79 Å². The first-order valence-electron chi connectivity index (χ1n) is 9.98. The number of imidazole rings is 1. The van der Waals surface area contributed by atoms with Crippen LogP contribution < -0.4 is 4.74 Å². The molecule has 0 atom stereocenters. The lowest BCUT2D eigenvalue weighted by atomic mass is 9.96. The third-order valence-corrected chi connectivity index (χ3v) is 5.76. The summed E-state index contributed by atoms with van der Waals surface area (Å²) in [6.07, 6.45) is 3.98. The highest BCUT2D eigenvalue weighted by atomic mass is 16.5. The van der Waals surface area contributed by atoms with E-state index in [-0.39, 0.29) is 12.5 Å². The van der Waals surface area contributed by atoms with Crippen LogP contribution in [0.2, 0.25) is 0 Å². The third-order valence-electron chi connectivity index (χ3n) is 5.76. The van der Waals surface area contributed by atoms with E-state index in [4.69, 9.17) is 4.74 Å². The van der Waals surface area contributed by atoms with E-state index in [0.29, 0.717) is 5.92 Å². The van der Waals surface area contributed by atoms with Crippen LogP contribution in [0.5, 0.6) is 5.75 Å². The normalized spacial score (nSPS) is 15.1. The number of fused-ring (bicyclic) bond motifs is 1. The van der Waals surface area contributed by atoms with Crippen molar-refractivity contribution < 1.29 is 9.53 Å². The van der Waals surface area contributed by atoms with E-state index in [9.17, 15) is 4.79 Å². The van der Waals surface area contributed by atoms with E-state index in [2.05, 4.69) is 35.5 Å². The zero-order valence-corrected chi connectivity index (χ0v) is 16.6. The van der Waals surface area contributed by atoms with Crippen LogP contribution in [0.15, 0.2) is 48.8 Å². The molecule has 0 N–H and O–H groups in total. The van der Waals surface area contributed by atoms with Crippen molar-refractivity contribution in [2.45, 2.75) is 33.2 Å². The second kappa shape index (κ2) is 8.05. The van der Waals surface area contributed by atoms with E-state index in [1.165, 1.54) is 16.6 Å². The van der Waals surface area contributed by atoms with Crippen molar-refractivity contribution in [2.24, 2.45) is 5.92 Å². The number of nitrogens with zero attached hydrogens (tertiary/aromatic N) is 3. The average molecular weight is 377 g/mol.